The van der Waals surface area contributed by atoms with Crippen molar-refractivity contribution in [3.05, 3.63) is 11.8 Å². The second-order valence-corrected chi connectivity index (χ2v) is 4.41. The Morgan fingerprint density at radius 2 is 2.17 bits per heavy atom. The Hall–Kier alpha value is -2.05. The molecule has 0 fully saturated rings. The van der Waals surface area contributed by atoms with E-state index in [0.717, 1.165) is 0 Å². The van der Waals surface area contributed by atoms with Gasteiger partial charge in [0.1, 0.15) is 11.5 Å². The number of aromatic nitrogens is 2. The Balaban J connectivity index is 2.21. The van der Waals surface area contributed by atoms with Crippen molar-refractivity contribution in [2.45, 2.75) is 20.3 Å². The molecule has 5 N–H and O–H groups in total. The first-order chi connectivity index (χ1) is 8.49. The van der Waals surface area contributed by atoms with E-state index in [9.17, 15) is 9.59 Å². The maximum atomic E-state index is 11.5. The van der Waals surface area contributed by atoms with E-state index in [4.69, 9.17) is 5.73 Å². The monoisotopic (exact) mass is 253 g/mol. The Labute approximate surface area is 106 Å². The van der Waals surface area contributed by atoms with Gasteiger partial charge in [-0.05, 0) is 5.92 Å². The lowest BCUT2D eigenvalue weighted by Gasteiger charge is -2.07. The lowest BCUT2D eigenvalue weighted by Crippen LogP contribution is -2.32. The molecule has 1 heterocycles. The van der Waals surface area contributed by atoms with Crippen molar-refractivity contribution >= 4 is 17.6 Å². The normalized spacial score (nSPS) is 10.4. The first-order valence-corrected chi connectivity index (χ1v) is 5.85. The van der Waals surface area contributed by atoms with Crippen LogP contribution in [0.25, 0.3) is 0 Å². The molecule has 0 aliphatic carbocycles. The largest absolute Gasteiger partial charge is 0.382 e. The molecule has 7 nitrogen and oxygen atoms in total. The van der Waals surface area contributed by atoms with E-state index >= 15 is 0 Å². The number of amides is 2. The van der Waals surface area contributed by atoms with Gasteiger partial charge < -0.3 is 16.4 Å². The highest BCUT2D eigenvalue weighted by Crippen LogP contribution is 1.99. The maximum absolute atomic E-state index is 11.5. The highest BCUT2D eigenvalue weighted by Gasteiger charge is 2.09. The lowest BCUT2D eigenvalue weighted by atomic mass is 10.2. The van der Waals surface area contributed by atoms with E-state index in [-0.39, 0.29) is 36.3 Å². The Bertz CT molecular complexity index is 413. The summed E-state index contributed by atoms with van der Waals surface area (Å²) in [5, 5.41) is 11.5. The number of H-pyrrole nitrogens is 1. The van der Waals surface area contributed by atoms with E-state index in [1.54, 1.807) is 0 Å². The van der Waals surface area contributed by atoms with E-state index in [1.165, 1.54) is 6.07 Å². The topological polar surface area (TPSA) is 113 Å². The molecule has 0 aliphatic heterocycles. The predicted molar refractivity (Wildman–Crippen MR) is 67.8 cm³/mol. The molecule has 0 saturated carbocycles. The van der Waals surface area contributed by atoms with E-state index in [0.29, 0.717) is 12.5 Å². The van der Waals surface area contributed by atoms with Crippen molar-refractivity contribution < 1.29 is 9.59 Å². The number of nitrogen functional groups attached to an aromatic ring is 1. The maximum Gasteiger partial charge on any atom is 0.269 e. The number of hydrogen-bond donors (Lipinski definition) is 4. The Kier molecular flexibility index (Phi) is 5.16. The zero-order valence-corrected chi connectivity index (χ0v) is 10.6. The molecule has 0 aliphatic rings. The number of aromatic amines is 1. The van der Waals surface area contributed by atoms with Crippen LogP contribution in [-0.2, 0) is 4.79 Å². The molecule has 0 saturated heterocycles. The molecule has 0 spiro atoms. The van der Waals surface area contributed by atoms with Gasteiger partial charge in [0.2, 0.25) is 5.91 Å². The van der Waals surface area contributed by atoms with Crippen LogP contribution >= 0.6 is 0 Å². The van der Waals surface area contributed by atoms with Gasteiger partial charge in [0.25, 0.3) is 5.91 Å². The number of nitrogens with two attached hydrogens (primary N) is 1. The summed E-state index contributed by atoms with van der Waals surface area (Å²) in [7, 11) is 0. The molecule has 7 heteroatoms. The van der Waals surface area contributed by atoms with Gasteiger partial charge in [-0.25, -0.2) is 0 Å². The van der Waals surface area contributed by atoms with Crippen LogP contribution in [-0.4, -0.2) is 35.1 Å². The van der Waals surface area contributed by atoms with Gasteiger partial charge in [0.15, 0.2) is 0 Å². The average molecular weight is 253 g/mol. The molecule has 0 radical (unpaired) electrons. The summed E-state index contributed by atoms with van der Waals surface area (Å²) < 4.78 is 0. The van der Waals surface area contributed by atoms with Crippen molar-refractivity contribution in [3.8, 4) is 0 Å². The SMILES string of the molecule is CC(C)CNC(=O)CCNC(=O)c1cc(N)n[nH]1. The first-order valence-electron chi connectivity index (χ1n) is 5.85. The van der Waals surface area contributed by atoms with Gasteiger partial charge in [-0.2, -0.15) is 5.10 Å². The number of rotatable bonds is 6. The molecule has 18 heavy (non-hydrogen) atoms. The molecule has 2 amide bonds. The van der Waals surface area contributed by atoms with Crippen LogP contribution in [0.4, 0.5) is 5.82 Å². The van der Waals surface area contributed by atoms with E-state index < -0.39 is 0 Å². The summed E-state index contributed by atoms with van der Waals surface area (Å²) in [5.41, 5.74) is 5.66. The Morgan fingerprint density at radius 1 is 1.44 bits per heavy atom. The number of carbonyl (C=O) groups excluding carboxylic acids is 2. The molecule has 0 aromatic carbocycles. The molecule has 0 bridgehead atoms. The average Bonchev–Trinajstić information content (AvgIpc) is 2.73. The van der Waals surface area contributed by atoms with Gasteiger partial charge in [0, 0.05) is 25.6 Å². The van der Waals surface area contributed by atoms with Crippen LogP contribution in [0.1, 0.15) is 30.8 Å². The van der Waals surface area contributed by atoms with Crippen molar-refractivity contribution in [1.29, 1.82) is 0 Å². The van der Waals surface area contributed by atoms with E-state index in [1.807, 2.05) is 13.8 Å². The number of anilines is 1. The lowest BCUT2D eigenvalue weighted by molar-refractivity contribution is -0.121. The van der Waals surface area contributed by atoms with Crippen LogP contribution in [0, 0.1) is 5.92 Å². The summed E-state index contributed by atoms with van der Waals surface area (Å²) in [5.74, 6) is 0.273. The molecule has 1 aromatic heterocycles. The number of nitrogens with zero attached hydrogens (tertiary/aromatic N) is 1. The van der Waals surface area contributed by atoms with Gasteiger partial charge in [-0.15, -0.1) is 0 Å². The molecular formula is C11H19N5O2. The number of nitrogens with one attached hydrogen (secondary N) is 3. The van der Waals surface area contributed by atoms with Crippen LogP contribution < -0.4 is 16.4 Å². The number of carbonyl (C=O) groups is 2. The standard InChI is InChI=1S/C11H19N5O2/c1-7(2)6-14-10(17)3-4-13-11(18)8-5-9(12)16-15-8/h5,7H,3-4,6H2,1-2H3,(H,13,18)(H,14,17)(H3,12,15,16). The number of hydrogen-bond acceptors (Lipinski definition) is 4. The highest BCUT2D eigenvalue weighted by molar-refractivity contribution is 5.93. The molecule has 1 aromatic rings. The first kappa shape index (κ1) is 14.0. The van der Waals surface area contributed by atoms with Gasteiger partial charge in [0.05, 0.1) is 0 Å². The van der Waals surface area contributed by atoms with Crippen LogP contribution in [0.15, 0.2) is 6.07 Å². The fourth-order valence-corrected chi connectivity index (χ4v) is 1.24. The second-order valence-electron chi connectivity index (χ2n) is 4.41. The fraction of sp³-hybridized carbons (Fsp3) is 0.545. The molecule has 1 rings (SSSR count). The van der Waals surface area contributed by atoms with Crippen molar-refractivity contribution in [2.24, 2.45) is 5.92 Å². The Morgan fingerprint density at radius 3 is 2.72 bits per heavy atom. The van der Waals surface area contributed by atoms with Crippen molar-refractivity contribution in [2.75, 3.05) is 18.8 Å². The summed E-state index contributed by atoms with van der Waals surface area (Å²) in [4.78, 5) is 22.9. The third-order valence-electron chi connectivity index (χ3n) is 2.19. The smallest absolute Gasteiger partial charge is 0.269 e. The third-order valence-corrected chi connectivity index (χ3v) is 2.19. The van der Waals surface area contributed by atoms with Crippen LogP contribution in [0.5, 0.6) is 0 Å². The minimum atomic E-state index is -0.323. The second kappa shape index (κ2) is 6.63. The quantitative estimate of drug-likeness (QED) is 0.566. The molecule has 100 valence electrons. The van der Waals surface area contributed by atoms with Gasteiger partial charge in [-0.3, -0.25) is 14.7 Å². The third kappa shape index (κ3) is 4.86. The molecule has 0 atom stereocenters. The minimum Gasteiger partial charge on any atom is -0.382 e. The van der Waals surface area contributed by atoms with Crippen molar-refractivity contribution in [3.63, 3.8) is 0 Å². The minimum absolute atomic E-state index is 0.0758. The van der Waals surface area contributed by atoms with Gasteiger partial charge in [-0.1, -0.05) is 13.8 Å². The zero-order valence-electron chi connectivity index (χ0n) is 10.6. The fourth-order valence-electron chi connectivity index (χ4n) is 1.24. The molecular weight excluding hydrogens is 234 g/mol. The molecule has 0 unspecified atom stereocenters. The summed E-state index contributed by atoms with van der Waals surface area (Å²) in [6, 6.07) is 1.44. The van der Waals surface area contributed by atoms with Gasteiger partial charge >= 0.3 is 0 Å². The predicted octanol–water partition coefficient (Wildman–Crippen LogP) is -0.116. The summed E-state index contributed by atoms with van der Waals surface area (Å²) in [6.45, 7) is 4.96. The van der Waals surface area contributed by atoms with Crippen molar-refractivity contribution in [1.82, 2.24) is 20.8 Å². The van der Waals surface area contributed by atoms with E-state index in [2.05, 4.69) is 20.8 Å². The van der Waals surface area contributed by atoms with Crippen LogP contribution in [0.3, 0.4) is 0 Å². The summed E-state index contributed by atoms with van der Waals surface area (Å²) in [6.07, 6.45) is 0.252. The zero-order chi connectivity index (χ0) is 13.5. The highest BCUT2D eigenvalue weighted by atomic mass is 16.2. The summed E-state index contributed by atoms with van der Waals surface area (Å²) >= 11 is 0. The van der Waals surface area contributed by atoms with Crippen LogP contribution in [0.2, 0.25) is 0 Å².